The van der Waals surface area contributed by atoms with Gasteiger partial charge in [-0.1, -0.05) is 19.8 Å². The van der Waals surface area contributed by atoms with Gasteiger partial charge in [-0.2, -0.15) is 0 Å². The molecule has 0 aliphatic carbocycles. The molecule has 0 N–H and O–H groups in total. The minimum absolute atomic E-state index is 0.752. The fraction of sp³-hybridized carbons (Fsp3) is 1.00. The second-order valence-corrected chi connectivity index (χ2v) is 9.29. The summed E-state index contributed by atoms with van der Waals surface area (Å²) in [6, 6.07) is 1.26. The predicted molar refractivity (Wildman–Crippen MR) is 49.9 cm³/mol. The zero-order chi connectivity index (χ0) is 8.04. The molecule has 60 valence electrons. The lowest BCUT2D eigenvalue weighted by molar-refractivity contribution is 0.590. The lowest BCUT2D eigenvalue weighted by Crippen LogP contribution is -2.27. The Kier molecular flexibility index (Phi) is 5.30. The average Bonchev–Trinajstić information content (AvgIpc) is 1.78. The van der Waals surface area contributed by atoms with Crippen LogP contribution in [0.5, 0.6) is 0 Å². The second-order valence-electron chi connectivity index (χ2n) is 3.46. The first-order valence-electron chi connectivity index (χ1n) is 3.97. The standard InChI is InChI=1S/C7H18OSi2/c1-5-6-7-9-8-10(2,3)4/h5-7H2,1-4H3. The Balaban J connectivity index is 3.04. The third-order valence-corrected chi connectivity index (χ3v) is 4.60. The van der Waals surface area contributed by atoms with E-state index in [-0.39, 0.29) is 0 Å². The van der Waals surface area contributed by atoms with Crippen LogP contribution in [0, 0.1) is 0 Å². The van der Waals surface area contributed by atoms with E-state index in [1.54, 1.807) is 0 Å². The Morgan fingerprint density at radius 1 is 1.30 bits per heavy atom. The molecule has 0 aromatic carbocycles. The Morgan fingerprint density at radius 2 is 1.90 bits per heavy atom. The molecule has 0 fully saturated rings. The van der Waals surface area contributed by atoms with Gasteiger partial charge in [-0.05, 0) is 25.7 Å². The molecule has 0 heterocycles. The van der Waals surface area contributed by atoms with Gasteiger partial charge in [-0.15, -0.1) is 0 Å². The van der Waals surface area contributed by atoms with E-state index in [0.29, 0.717) is 0 Å². The van der Waals surface area contributed by atoms with Crippen molar-refractivity contribution in [2.75, 3.05) is 0 Å². The van der Waals surface area contributed by atoms with Crippen LogP contribution in [0.25, 0.3) is 0 Å². The zero-order valence-corrected chi connectivity index (χ0v) is 9.53. The minimum atomic E-state index is -1.19. The molecule has 0 saturated heterocycles. The van der Waals surface area contributed by atoms with E-state index >= 15 is 0 Å². The maximum atomic E-state index is 5.70. The molecule has 0 saturated carbocycles. The summed E-state index contributed by atoms with van der Waals surface area (Å²) in [4.78, 5) is 0. The summed E-state index contributed by atoms with van der Waals surface area (Å²) in [6.45, 7) is 8.95. The van der Waals surface area contributed by atoms with E-state index in [9.17, 15) is 0 Å². The normalized spacial score (nSPS) is 12.0. The van der Waals surface area contributed by atoms with Crippen molar-refractivity contribution in [2.24, 2.45) is 0 Å². The Morgan fingerprint density at radius 3 is 2.30 bits per heavy atom. The van der Waals surface area contributed by atoms with Gasteiger partial charge >= 0.3 is 0 Å². The second kappa shape index (κ2) is 5.10. The summed E-state index contributed by atoms with van der Waals surface area (Å²) >= 11 is 0. The molecular weight excluding hydrogens is 156 g/mol. The van der Waals surface area contributed by atoms with Crippen LogP contribution in [0.4, 0.5) is 0 Å². The molecule has 0 aliphatic heterocycles. The zero-order valence-electron chi connectivity index (χ0n) is 7.53. The van der Waals surface area contributed by atoms with Crippen molar-refractivity contribution in [3.05, 3.63) is 0 Å². The SMILES string of the molecule is CCCC[Si]O[Si](C)(C)C. The van der Waals surface area contributed by atoms with Gasteiger partial charge in [0.25, 0.3) is 0 Å². The molecule has 0 rings (SSSR count). The van der Waals surface area contributed by atoms with Gasteiger partial charge in [0.2, 0.25) is 9.76 Å². The molecule has 0 aromatic heterocycles. The van der Waals surface area contributed by atoms with Crippen LogP contribution in [0.3, 0.4) is 0 Å². The summed E-state index contributed by atoms with van der Waals surface area (Å²) in [6.07, 6.45) is 2.62. The fourth-order valence-corrected chi connectivity index (χ4v) is 3.15. The fourth-order valence-electron chi connectivity index (χ4n) is 0.516. The first-order chi connectivity index (χ1) is 4.56. The van der Waals surface area contributed by atoms with Crippen LogP contribution < -0.4 is 0 Å². The van der Waals surface area contributed by atoms with Crippen molar-refractivity contribution in [3.63, 3.8) is 0 Å². The van der Waals surface area contributed by atoms with Gasteiger partial charge < -0.3 is 4.12 Å². The van der Waals surface area contributed by atoms with Crippen molar-refractivity contribution in [1.29, 1.82) is 0 Å². The number of hydrogen-bond donors (Lipinski definition) is 0. The molecule has 0 aliphatic rings. The first-order valence-corrected chi connectivity index (χ1v) is 8.49. The lowest BCUT2D eigenvalue weighted by Gasteiger charge is -2.16. The highest BCUT2D eigenvalue weighted by molar-refractivity contribution is 6.73. The number of rotatable bonds is 5. The maximum absolute atomic E-state index is 5.70. The van der Waals surface area contributed by atoms with Crippen LogP contribution in [-0.2, 0) is 4.12 Å². The third-order valence-electron chi connectivity index (χ3n) is 1.01. The van der Waals surface area contributed by atoms with Gasteiger partial charge in [0, 0.05) is 0 Å². The molecule has 1 nitrogen and oxygen atoms in total. The van der Waals surface area contributed by atoms with E-state index in [1.165, 1.54) is 18.9 Å². The largest absolute Gasteiger partial charge is 0.456 e. The van der Waals surface area contributed by atoms with Crippen LogP contribution >= 0.6 is 0 Å². The van der Waals surface area contributed by atoms with E-state index < -0.39 is 8.32 Å². The Labute approximate surface area is 68.2 Å². The van der Waals surface area contributed by atoms with Gasteiger partial charge in [0.1, 0.15) is 0 Å². The third kappa shape index (κ3) is 8.39. The smallest absolute Gasteiger partial charge is 0.215 e. The van der Waals surface area contributed by atoms with Crippen molar-refractivity contribution >= 4 is 18.1 Å². The molecule has 0 unspecified atom stereocenters. The highest BCUT2D eigenvalue weighted by Gasteiger charge is 2.12. The van der Waals surface area contributed by atoms with Gasteiger partial charge in [0.15, 0.2) is 8.32 Å². The van der Waals surface area contributed by atoms with Crippen LogP contribution in [0.1, 0.15) is 19.8 Å². The number of hydrogen-bond acceptors (Lipinski definition) is 1. The van der Waals surface area contributed by atoms with Crippen molar-refractivity contribution in [2.45, 2.75) is 45.5 Å². The van der Waals surface area contributed by atoms with Gasteiger partial charge in [0.05, 0.1) is 0 Å². The van der Waals surface area contributed by atoms with Crippen LogP contribution in [0.15, 0.2) is 0 Å². The van der Waals surface area contributed by atoms with E-state index in [4.69, 9.17) is 4.12 Å². The summed E-state index contributed by atoms with van der Waals surface area (Å²) in [5.74, 6) is 0. The van der Waals surface area contributed by atoms with E-state index in [0.717, 1.165) is 9.76 Å². The average molecular weight is 174 g/mol. The molecule has 0 amide bonds. The summed E-state index contributed by atoms with van der Waals surface area (Å²) in [5, 5.41) is 0. The molecule has 0 atom stereocenters. The quantitative estimate of drug-likeness (QED) is 0.460. The summed E-state index contributed by atoms with van der Waals surface area (Å²) < 4.78 is 5.70. The van der Waals surface area contributed by atoms with Crippen molar-refractivity contribution in [1.82, 2.24) is 0 Å². The summed E-state index contributed by atoms with van der Waals surface area (Å²) in [7, 11) is -0.443. The molecule has 0 bridgehead atoms. The first kappa shape index (κ1) is 10.4. The van der Waals surface area contributed by atoms with Crippen molar-refractivity contribution < 1.29 is 4.12 Å². The van der Waals surface area contributed by atoms with Gasteiger partial charge in [-0.25, -0.2) is 0 Å². The molecular formula is C7H18OSi2. The Bertz CT molecular complexity index is 78.2. The molecule has 3 heteroatoms. The molecule has 0 spiro atoms. The topological polar surface area (TPSA) is 9.23 Å². The summed E-state index contributed by atoms with van der Waals surface area (Å²) in [5.41, 5.74) is 0. The monoisotopic (exact) mass is 174 g/mol. The Hall–Kier alpha value is 0.394. The van der Waals surface area contributed by atoms with Crippen molar-refractivity contribution in [3.8, 4) is 0 Å². The van der Waals surface area contributed by atoms with E-state index in [1.807, 2.05) is 0 Å². The predicted octanol–water partition coefficient (Wildman–Crippen LogP) is 2.68. The molecule has 2 radical (unpaired) electrons. The molecule has 10 heavy (non-hydrogen) atoms. The number of unbranched alkanes of at least 4 members (excludes halogenated alkanes) is 1. The van der Waals surface area contributed by atoms with Gasteiger partial charge in [-0.3, -0.25) is 0 Å². The maximum Gasteiger partial charge on any atom is 0.215 e. The van der Waals surface area contributed by atoms with Crippen LogP contribution in [-0.4, -0.2) is 18.1 Å². The highest BCUT2D eigenvalue weighted by Crippen LogP contribution is 2.03. The lowest BCUT2D eigenvalue weighted by atomic mass is 10.4. The highest BCUT2D eigenvalue weighted by atomic mass is 28.4. The van der Waals surface area contributed by atoms with Crippen LogP contribution in [0.2, 0.25) is 25.7 Å². The minimum Gasteiger partial charge on any atom is -0.456 e. The molecule has 0 aromatic rings. The van der Waals surface area contributed by atoms with E-state index in [2.05, 4.69) is 26.6 Å².